The standard InChI is InChI=1S/C17H8Br4F6O/c18-5-9-11(16(22,23)24)3-1-7(13(9)20)15(28)8-2-4-12(17(25,26)27)10(6-19)14(8)21/h1-4H,5-6H2. The Labute approximate surface area is 189 Å². The van der Waals surface area contributed by atoms with Crippen LogP contribution in [-0.2, 0) is 23.0 Å². The van der Waals surface area contributed by atoms with E-state index in [0.29, 0.717) is 0 Å². The summed E-state index contributed by atoms with van der Waals surface area (Å²) in [6.07, 6.45) is -9.24. The highest BCUT2D eigenvalue weighted by molar-refractivity contribution is 9.11. The molecule has 152 valence electrons. The van der Waals surface area contributed by atoms with Gasteiger partial charge in [0.15, 0.2) is 5.78 Å². The smallest absolute Gasteiger partial charge is 0.289 e. The summed E-state index contributed by atoms with van der Waals surface area (Å²) in [4.78, 5) is 12.9. The van der Waals surface area contributed by atoms with Crippen molar-refractivity contribution in [2.75, 3.05) is 0 Å². The molecule has 0 aliphatic heterocycles. The van der Waals surface area contributed by atoms with Crippen molar-refractivity contribution in [1.29, 1.82) is 0 Å². The molecule has 0 spiro atoms. The fourth-order valence-corrected chi connectivity index (χ4v) is 5.78. The molecule has 0 atom stereocenters. The second kappa shape index (κ2) is 8.77. The summed E-state index contributed by atoms with van der Waals surface area (Å²) in [6.45, 7) is 0. The lowest BCUT2D eigenvalue weighted by Gasteiger charge is -2.18. The van der Waals surface area contributed by atoms with Gasteiger partial charge in [0.2, 0.25) is 0 Å². The van der Waals surface area contributed by atoms with Crippen LogP contribution in [-0.4, -0.2) is 5.78 Å². The van der Waals surface area contributed by atoms with Crippen LogP contribution in [0, 0.1) is 0 Å². The first-order valence-electron chi connectivity index (χ1n) is 7.28. The third kappa shape index (κ3) is 4.67. The molecule has 28 heavy (non-hydrogen) atoms. The number of carbonyl (C=O) groups excluding carboxylic acids is 1. The van der Waals surface area contributed by atoms with Crippen LogP contribution in [0.1, 0.15) is 38.2 Å². The Morgan fingerprint density at radius 1 is 0.714 bits per heavy atom. The Morgan fingerprint density at radius 3 is 1.29 bits per heavy atom. The summed E-state index contributed by atoms with van der Waals surface area (Å²) < 4.78 is 78.7. The summed E-state index contributed by atoms with van der Waals surface area (Å²) in [7, 11) is 0. The highest BCUT2D eigenvalue weighted by Crippen LogP contribution is 2.41. The molecule has 11 heteroatoms. The van der Waals surface area contributed by atoms with E-state index in [1.165, 1.54) is 0 Å². The molecular weight excluding hydrogens is 654 g/mol. The Hall–Kier alpha value is -0.390. The molecule has 0 heterocycles. The zero-order chi connectivity index (χ0) is 21.4. The molecule has 0 N–H and O–H groups in total. The van der Waals surface area contributed by atoms with Gasteiger partial charge in [-0.2, -0.15) is 26.3 Å². The summed E-state index contributed by atoms with van der Waals surface area (Å²) in [6, 6.07) is 3.55. The zero-order valence-corrected chi connectivity index (χ0v) is 19.8. The molecular formula is C17H8Br4F6O. The highest BCUT2D eigenvalue weighted by Gasteiger charge is 2.37. The van der Waals surface area contributed by atoms with E-state index in [0.717, 1.165) is 24.3 Å². The molecule has 2 aromatic rings. The maximum absolute atomic E-state index is 13.1. The van der Waals surface area contributed by atoms with Gasteiger partial charge in [0.1, 0.15) is 0 Å². The van der Waals surface area contributed by atoms with Gasteiger partial charge < -0.3 is 0 Å². The Morgan fingerprint density at radius 2 is 1.04 bits per heavy atom. The van der Waals surface area contributed by atoms with Crippen molar-refractivity contribution in [2.24, 2.45) is 0 Å². The maximum Gasteiger partial charge on any atom is 0.416 e. The molecule has 0 unspecified atom stereocenters. The minimum atomic E-state index is -4.62. The summed E-state index contributed by atoms with van der Waals surface area (Å²) in [5, 5.41) is -0.352. The molecule has 0 bridgehead atoms. The molecule has 0 aliphatic carbocycles. The Kier molecular flexibility index (Phi) is 7.48. The van der Waals surface area contributed by atoms with E-state index in [9.17, 15) is 31.1 Å². The predicted octanol–water partition coefficient (Wildman–Crippen LogP) is 8.27. The average molecular weight is 662 g/mol. The van der Waals surface area contributed by atoms with E-state index in [-0.39, 0.29) is 41.9 Å². The quantitative estimate of drug-likeness (QED) is 0.183. The first-order chi connectivity index (χ1) is 12.8. The minimum Gasteiger partial charge on any atom is -0.289 e. The fraction of sp³-hybridized carbons (Fsp3) is 0.235. The van der Waals surface area contributed by atoms with E-state index in [1.54, 1.807) is 0 Å². The normalized spacial score (nSPS) is 12.4. The van der Waals surface area contributed by atoms with Crippen LogP contribution in [0.3, 0.4) is 0 Å². The lowest BCUT2D eigenvalue weighted by atomic mass is 9.96. The number of hydrogen-bond donors (Lipinski definition) is 0. The largest absolute Gasteiger partial charge is 0.416 e. The third-order valence-corrected chi connectivity index (χ3v) is 6.79. The minimum absolute atomic E-state index is 0.0728. The molecule has 1 nitrogen and oxygen atoms in total. The van der Waals surface area contributed by atoms with Crippen molar-refractivity contribution in [2.45, 2.75) is 23.0 Å². The number of halogens is 10. The van der Waals surface area contributed by atoms with Crippen molar-refractivity contribution >= 4 is 69.5 Å². The van der Waals surface area contributed by atoms with Crippen LogP contribution >= 0.6 is 63.7 Å². The van der Waals surface area contributed by atoms with Gasteiger partial charge >= 0.3 is 12.4 Å². The molecule has 0 aliphatic rings. The van der Waals surface area contributed by atoms with Crippen molar-refractivity contribution in [3.63, 3.8) is 0 Å². The summed E-state index contributed by atoms with van der Waals surface area (Å²) >= 11 is 12.0. The van der Waals surface area contributed by atoms with Crippen LogP contribution < -0.4 is 0 Å². The monoisotopic (exact) mass is 658 g/mol. The van der Waals surface area contributed by atoms with E-state index in [4.69, 9.17) is 0 Å². The second-order valence-corrected chi connectivity index (χ2v) is 8.21. The number of ketones is 1. The highest BCUT2D eigenvalue weighted by atomic mass is 79.9. The fourth-order valence-electron chi connectivity index (χ4n) is 2.53. The van der Waals surface area contributed by atoms with Crippen LogP contribution in [0.25, 0.3) is 0 Å². The van der Waals surface area contributed by atoms with Gasteiger partial charge in [0, 0.05) is 30.7 Å². The van der Waals surface area contributed by atoms with Crippen LogP contribution in [0.4, 0.5) is 26.3 Å². The van der Waals surface area contributed by atoms with Crippen molar-refractivity contribution in [3.05, 3.63) is 66.6 Å². The number of carbonyl (C=O) groups is 1. The van der Waals surface area contributed by atoms with Gasteiger partial charge in [-0.1, -0.05) is 31.9 Å². The average Bonchev–Trinajstić information content (AvgIpc) is 2.58. The molecule has 0 radical (unpaired) electrons. The second-order valence-electron chi connectivity index (χ2n) is 5.50. The van der Waals surface area contributed by atoms with Gasteiger partial charge in [-0.05, 0) is 67.3 Å². The molecule has 0 amide bonds. The van der Waals surface area contributed by atoms with Gasteiger partial charge in [0.25, 0.3) is 0 Å². The lowest BCUT2D eigenvalue weighted by Crippen LogP contribution is -2.14. The Bertz CT molecular complexity index is 848. The first kappa shape index (κ1) is 23.9. The van der Waals surface area contributed by atoms with Gasteiger partial charge in [-0.3, -0.25) is 4.79 Å². The zero-order valence-electron chi connectivity index (χ0n) is 13.4. The van der Waals surface area contributed by atoms with Gasteiger partial charge in [-0.25, -0.2) is 0 Å². The molecule has 0 saturated heterocycles. The molecule has 2 aromatic carbocycles. The number of alkyl halides is 8. The number of rotatable bonds is 4. The number of benzene rings is 2. The van der Waals surface area contributed by atoms with E-state index in [2.05, 4.69) is 63.7 Å². The maximum atomic E-state index is 13.1. The van der Waals surface area contributed by atoms with Crippen molar-refractivity contribution in [3.8, 4) is 0 Å². The van der Waals surface area contributed by atoms with Gasteiger partial charge in [-0.15, -0.1) is 0 Å². The van der Waals surface area contributed by atoms with Crippen LogP contribution in [0.15, 0.2) is 33.2 Å². The van der Waals surface area contributed by atoms with Crippen molar-refractivity contribution < 1.29 is 31.1 Å². The van der Waals surface area contributed by atoms with Crippen LogP contribution in [0.2, 0.25) is 0 Å². The molecule has 0 aromatic heterocycles. The van der Waals surface area contributed by atoms with Crippen LogP contribution in [0.5, 0.6) is 0 Å². The van der Waals surface area contributed by atoms with E-state index < -0.39 is 29.3 Å². The van der Waals surface area contributed by atoms with E-state index >= 15 is 0 Å². The van der Waals surface area contributed by atoms with E-state index in [1.807, 2.05) is 0 Å². The molecule has 0 saturated carbocycles. The molecule has 0 fully saturated rings. The molecule has 2 rings (SSSR count). The Balaban J connectivity index is 2.65. The lowest BCUT2D eigenvalue weighted by molar-refractivity contribution is -0.139. The first-order valence-corrected chi connectivity index (χ1v) is 11.1. The summed E-state index contributed by atoms with van der Waals surface area (Å²) in [5.41, 5.74) is -2.38. The summed E-state index contributed by atoms with van der Waals surface area (Å²) in [5.74, 6) is -0.717. The third-order valence-electron chi connectivity index (χ3n) is 3.85. The SMILES string of the molecule is O=C(c1ccc(C(F)(F)F)c(CBr)c1Br)c1ccc(C(F)(F)F)c(CBr)c1Br. The predicted molar refractivity (Wildman–Crippen MR) is 107 cm³/mol. The van der Waals surface area contributed by atoms with Gasteiger partial charge in [0.05, 0.1) is 11.1 Å². The van der Waals surface area contributed by atoms with Crippen molar-refractivity contribution in [1.82, 2.24) is 0 Å². The topological polar surface area (TPSA) is 17.1 Å². The number of hydrogen-bond acceptors (Lipinski definition) is 1.